The van der Waals surface area contributed by atoms with Gasteiger partial charge < -0.3 is 19.7 Å². The Morgan fingerprint density at radius 1 is 1.22 bits per heavy atom. The number of nitrogens with one attached hydrogen (secondary N) is 1. The van der Waals surface area contributed by atoms with Gasteiger partial charge in [-0.3, -0.25) is 4.90 Å². The highest BCUT2D eigenvalue weighted by atomic mass is 35.5. The molecule has 0 unspecified atom stereocenters. The van der Waals surface area contributed by atoms with E-state index in [4.69, 9.17) is 9.47 Å². The highest BCUT2D eigenvalue weighted by Crippen LogP contribution is 2.28. The normalized spacial score (nSPS) is 28.9. The fourth-order valence-electron chi connectivity index (χ4n) is 3.67. The Balaban J connectivity index is 0.00000261. The molecule has 0 amide bonds. The standard InChI is InChI=1S/C17H26N2O6S.ClH/c1-24-12-4-6-13(7-5-12)26(22,23)18-10-14-16(19-8-2-3-9-19)17(21)15(11-20)25-14;/h4-7,14-18,20-21H,2-3,8-11H2,1H3;1H/t14-,15+,16+,17-;/m1./s1. The molecule has 0 saturated carbocycles. The molecule has 3 rings (SSSR count). The minimum Gasteiger partial charge on any atom is -0.497 e. The number of hydrogen-bond acceptors (Lipinski definition) is 7. The van der Waals surface area contributed by atoms with E-state index in [2.05, 4.69) is 9.62 Å². The van der Waals surface area contributed by atoms with Crippen LogP contribution >= 0.6 is 12.4 Å². The summed E-state index contributed by atoms with van der Waals surface area (Å²) in [5.74, 6) is 0.575. The second-order valence-corrected chi connectivity index (χ2v) is 8.41. The Morgan fingerprint density at radius 3 is 2.41 bits per heavy atom. The number of nitrogens with zero attached hydrogens (tertiary/aromatic N) is 1. The van der Waals surface area contributed by atoms with Crippen molar-refractivity contribution in [2.75, 3.05) is 33.4 Å². The van der Waals surface area contributed by atoms with Crippen molar-refractivity contribution in [3.8, 4) is 5.75 Å². The first-order valence-corrected chi connectivity index (χ1v) is 10.3. The predicted octanol–water partition coefficient (Wildman–Crippen LogP) is -0.0197. The highest BCUT2D eigenvalue weighted by Gasteiger charge is 2.46. The molecule has 8 nitrogen and oxygen atoms in total. The van der Waals surface area contributed by atoms with Crippen molar-refractivity contribution in [1.29, 1.82) is 0 Å². The molecule has 1 aromatic rings. The third-order valence-electron chi connectivity index (χ3n) is 5.05. The zero-order valence-electron chi connectivity index (χ0n) is 15.2. The number of aliphatic hydroxyl groups excluding tert-OH is 2. The maximum Gasteiger partial charge on any atom is 0.240 e. The molecule has 0 spiro atoms. The van der Waals surface area contributed by atoms with E-state index in [1.165, 1.54) is 19.2 Å². The zero-order valence-corrected chi connectivity index (χ0v) is 16.8. The van der Waals surface area contributed by atoms with Gasteiger partial charge in [0, 0.05) is 6.54 Å². The summed E-state index contributed by atoms with van der Waals surface area (Å²) in [6, 6.07) is 5.78. The van der Waals surface area contributed by atoms with E-state index in [1.807, 2.05) is 0 Å². The minimum absolute atomic E-state index is 0. The summed E-state index contributed by atoms with van der Waals surface area (Å²) in [5.41, 5.74) is 0. The molecule has 0 aliphatic carbocycles. The Morgan fingerprint density at radius 2 is 1.85 bits per heavy atom. The van der Waals surface area contributed by atoms with Crippen LogP contribution < -0.4 is 9.46 Å². The molecule has 0 bridgehead atoms. The number of ether oxygens (including phenoxy) is 2. The second kappa shape index (κ2) is 9.51. The summed E-state index contributed by atoms with van der Waals surface area (Å²) in [6.07, 6.45) is 0.0205. The molecule has 2 saturated heterocycles. The molecule has 27 heavy (non-hydrogen) atoms. The van der Waals surface area contributed by atoms with Gasteiger partial charge in [0.05, 0.1) is 30.8 Å². The van der Waals surface area contributed by atoms with Gasteiger partial charge in [-0.2, -0.15) is 0 Å². The first-order chi connectivity index (χ1) is 12.5. The zero-order chi connectivity index (χ0) is 18.7. The van der Waals surface area contributed by atoms with Gasteiger partial charge in [0.2, 0.25) is 10.0 Å². The number of likely N-dealkylation sites (tertiary alicyclic amines) is 1. The molecular formula is C17H27ClN2O6S. The summed E-state index contributed by atoms with van der Waals surface area (Å²) in [4.78, 5) is 2.25. The van der Waals surface area contributed by atoms with E-state index in [0.717, 1.165) is 25.9 Å². The topological polar surface area (TPSA) is 108 Å². The maximum absolute atomic E-state index is 12.5. The van der Waals surface area contributed by atoms with Gasteiger partial charge in [0.1, 0.15) is 18.0 Å². The third-order valence-corrected chi connectivity index (χ3v) is 6.49. The molecule has 10 heteroatoms. The second-order valence-electron chi connectivity index (χ2n) is 6.65. The van der Waals surface area contributed by atoms with Crippen molar-refractivity contribution in [3.05, 3.63) is 24.3 Å². The Hall–Kier alpha value is -0.940. The summed E-state index contributed by atoms with van der Waals surface area (Å²) >= 11 is 0. The van der Waals surface area contributed by atoms with E-state index < -0.39 is 28.3 Å². The number of methoxy groups -OCH3 is 1. The van der Waals surface area contributed by atoms with Gasteiger partial charge in [-0.05, 0) is 50.2 Å². The van der Waals surface area contributed by atoms with Gasteiger partial charge >= 0.3 is 0 Å². The Labute approximate surface area is 165 Å². The van der Waals surface area contributed by atoms with Gasteiger partial charge in [0.15, 0.2) is 0 Å². The van der Waals surface area contributed by atoms with E-state index in [-0.39, 0.29) is 36.5 Å². The van der Waals surface area contributed by atoms with Crippen molar-refractivity contribution in [1.82, 2.24) is 9.62 Å². The molecule has 2 fully saturated rings. The largest absolute Gasteiger partial charge is 0.497 e. The van der Waals surface area contributed by atoms with Crippen LogP contribution in [0.3, 0.4) is 0 Å². The molecule has 2 aliphatic rings. The van der Waals surface area contributed by atoms with Crippen molar-refractivity contribution >= 4 is 22.4 Å². The van der Waals surface area contributed by atoms with Crippen molar-refractivity contribution in [2.45, 2.75) is 42.1 Å². The lowest BCUT2D eigenvalue weighted by atomic mass is 10.0. The van der Waals surface area contributed by atoms with E-state index in [1.54, 1.807) is 12.1 Å². The summed E-state index contributed by atoms with van der Waals surface area (Å²) in [5, 5.41) is 19.9. The van der Waals surface area contributed by atoms with Gasteiger partial charge in [0.25, 0.3) is 0 Å². The van der Waals surface area contributed by atoms with Crippen LogP contribution in [-0.2, 0) is 14.8 Å². The SMILES string of the molecule is COc1ccc(S(=O)(=O)NC[C@H]2O[C@@H](CO)[C@@H](O)[C@H]2N2CCCC2)cc1.Cl. The number of rotatable bonds is 7. The van der Waals surface area contributed by atoms with Crippen LogP contribution in [0, 0.1) is 0 Å². The minimum atomic E-state index is -3.71. The van der Waals surface area contributed by atoms with Crippen LogP contribution in [0.2, 0.25) is 0 Å². The van der Waals surface area contributed by atoms with Gasteiger partial charge in [-0.25, -0.2) is 13.1 Å². The van der Waals surface area contributed by atoms with Crippen molar-refractivity contribution in [3.63, 3.8) is 0 Å². The smallest absolute Gasteiger partial charge is 0.240 e. The summed E-state index contributed by atoms with van der Waals surface area (Å²) in [7, 11) is -2.20. The van der Waals surface area contributed by atoms with Crippen molar-refractivity contribution in [2.24, 2.45) is 0 Å². The van der Waals surface area contributed by atoms with Gasteiger partial charge in [-0.15, -0.1) is 12.4 Å². The van der Waals surface area contributed by atoms with Crippen molar-refractivity contribution < 1.29 is 28.1 Å². The average Bonchev–Trinajstić information content (AvgIpc) is 3.27. The van der Waals surface area contributed by atoms with Crippen LogP contribution in [0.4, 0.5) is 0 Å². The molecule has 4 atom stereocenters. The lowest BCUT2D eigenvalue weighted by molar-refractivity contribution is -0.0201. The van der Waals surface area contributed by atoms with Crippen LogP contribution in [0.5, 0.6) is 5.75 Å². The molecule has 2 aliphatic heterocycles. The quantitative estimate of drug-likeness (QED) is 0.566. The van der Waals surface area contributed by atoms with E-state index in [0.29, 0.717) is 5.75 Å². The lowest BCUT2D eigenvalue weighted by Crippen LogP contribution is -2.50. The van der Waals surface area contributed by atoms with E-state index in [9.17, 15) is 18.6 Å². The molecule has 1 aromatic carbocycles. The number of aliphatic hydroxyl groups is 2. The van der Waals surface area contributed by atoms with Crippen LogP contribution in [0.1, 0.15) is 12.8 Å². The van der Waals surface area contributed by atoms with Crippen LogP contribution in [0.15, 0.2) is 29.2 Å². The number of halogens is 1. The first-order valence-electron chi connectivity index (χ1n) is 8.78. The fraction of sp³-hybridized carbons (Fsp3) is 0.647. The van der Waals surface area contributed by atoms with Gasteiger partial charge in [-0.1, -0.05) is 0 Å². The number of sulfonamides is 1. The number of benzene rings is 1. The highest BCUT2D eigenvalue weighted by molar-refractivity contribution is 7.89. The molecule has 0 aromatic heterocycles. The maximum atomic E-state index is 12.5. The predicted molar refractivity (Wildman–Crippen MR) is 102 cm³/mol. The first kappa shape index (κ1) is 22.4. The lowest BCUT2D eigenvalue weighted by Gasteiger charge is -2.30. The van der Waals surface area contributed by atoms with Crippen LogP contribution in [-0.4, -0.2) is 81.2 Å². The summed E-state index contributed by atoms with van der Waals surface area (Å²) < 4.78 is 38.4. The number of hydrogen-bond donors (Lipinski definition) is 3. The monoisotopic (exact) mass is 422 g/mol. The molecule has 2 heterocycles. The third kappa shape index (κ3) is 4.92. The summed E-state index contributed by atoms with van der Waals surface area (Å²) in [6.45, 7) is 1.41. The molecular weight excluding hydrogens is 396 g/mol. The van der Waals surface area contributed by atoms with Crippen LogP contribution in [0.25, 0.3) is 0 Å². The Bertz CT molecular complexity index is 696. The molecule has 3 N–H and O–H groups in total. The Kier molecular flexibility index (Phi) is 7.87. The molecule has 154 valence electrons. The van der Waals surface area contributed by atoms with E-state index >= 15 is 0 Å². The average molecular weight is 423 g/mol. The molecule has 0 radical (unpaired) electrons. The fourth-order valence-corrected chi connectivity index (χ4v) is 4.71.